The van der Waals surface area contributed by atoms with E-state index in [9.17, 15) is 0 Å². The maximum absolute atomic E-state index is 2.49. The third kappa shape index (κ3) is 5.82. The Morgan fingerprint density at radius 2 is 0.618 bits per heavy atom. The third-order valence-corrected chi connectivity index (χ3v) is 15.7. The van der Waals surface area contributed by atoms with Crippen molar-refractivity contribution in [3.63, 3.8) is 0 Å². The first-order valence-electron chi connectivity index (χ1n) is 24.1. The highest BCUT2D eigenvalue weighted by atomic mass is 15.1. The number of anilines is 3. The predicted octanol–water partition coefficient (Wildman–Crippen LogP) is 17.5. The van der Waals surface area contributed by atoms with E-state index in [1.807, 2.05) is 0 Å². The van der Waals surface area contributed by atoms with Gasteiger partial charge < -0.3 is 4.90 Å². The monoisotopic (exact) mass is 869 g/mol. The van der Waals surface area contributed by atoms with Crippen molar-refractivity contribution in [3.05, 3.63) is 281 Å². The number of fused-ring (bicyclic) bond motifs is 9. The molecule has 0 atom stereocenters. The second-order valence-electron chi connectivity index (χ2n) is 20.1. The molecule has 0 N–H and O–H groups in total. The van der Waals surface area contributed by atoms with Crippen LogP contribution in [0.5, 0.6) is 0 Å². The fourth-order valence-electron chi connectivity index (χ4n) is 12.4. The van der Waals surface area contributed by atoms with Gasteiger partial charge in [-0.1, -0.05) is 216 Å². The molecule has 0 spiro atoms. The zero-order valence-electron chi connectivity index (χ0n) is 39.0. The summed E-state index contributed by atoms with van der Waals surface area (Å²) in [7, 11) is 0. The lowest BCUT2D eigenvalue weighted by molar-refractivity contribution is 0.660. The van der Waals surface area contributed by atoms with Gasteiger partial charge in [0.1, 0.15) is 0 Å². The summed E-state index contributed by atoms with van der Waals surface area (Å²) in [6, 6.07) is 88.8. The van der Waals surface area contributed by atoms with Crippen molar-refractivity contribution in [2.45, 2.75) is 43.9 Å². The summed E-state index contributed by atoms with van der Waals surface area (Å²) >= 11 is 0. The van der Waals surface area contributed by atoms with Gasteiger partial charge in [-0.25, -0.2) is 0 Å². The normalized spacial score (nSPS) is 14.8. The SMILES string of the molecule is CC1(C)c2ccccc2-c2ccc(-c3cccc(N(c4cccc(-c5ccc6c(c5)C(C)(C)c5ccccc5-6)c4)c4ccc5c(c4)C(c4ccccc4)(c4ccccc4)c4ccccc4-5)c3)cc21. The van der Waals surface area contributed by atoms with E-state index in [0.29, 0.717) is 0 Å². The minimum Gasteiger partial charge on any atom is -0.310 e. The molecule has 0 saturated heterocycles. The molecule has 0 saturated carbocycles. The fourth-order valence-corrected chi connectivity index (χ4v) is 12.4. The van der Waals surface area contributed by atoms with Crippen LogP contribution in [0, 0.1) is 0 Å². The first kappa shape index (κ1) is 40.3. The number of benzene rings is 10. The Balaban J connectivity index is 1.01. The summed E-state index contributed by atoms with van der Waals surface area (Å²) in [5.74, 6) is 0. The molecule has 0 bridgehead atoms. The van der Waals surface area contributed by atoms with Crippen molar-refractivity contribution in [1.29, 1.82) is 0 Å². The Hall–Kier alpha value is -8.00. The summed E-state index contributed by atoms with van der Waals surface area (Å²) in [5, 5.41) is 0. The first-order chi connectivity index (χ1) is 33.2. The van der Waals surface area contributed by atoms with Gasteiger partial charge in [0.05, 0.1) is 5.41 Å². The van der Waals surface area contributed by atoms with E-state index < -0.39 is 5.41 Å². The smallest absolute Gasteiger partial charge is 0.0714 e. The molecule has 68 heavy (non-hydrogen) atoms. The summed E-state index contributed by atoms with van der Waals surface area (Å²) < 4.78 is 0. The number of nitrogens with zero attached hydrogens (tertiary/aromatic N) is 1. The van der Waals surface area contributed by atoms with Gasteiger partial charge >= 0.3 is 0 Å². The maximum Gasteiger partial charge on any atom is 0.0714 e. The number of hydrogen-bond acceptors (Lipinski definition) is 1. The predicted molar refractivity (Wildman–Crippen MR) is 284 cm³/mol. The van der Waals surface area contributed by atoms with Crippen LogP contribution < -0.4 is 4.90 Å². The largest absolute Gasteiger partial charge is 0.310 e. The van der Waals surface area contributed by atoms with E-state index in [2.05, 4.69) is 269 Å². The van der Waals surface area contributed by atoms with E-state index >= 15 is 0 Å². The second-order valence-corrected chi connectivity index (χ2v) is 20.1. The molecule has 0 aliphatic heterocycles. The average Bonchev–Trinajstić information content (AvgIpc) is 3.91. The van der Waals surface area contributed by atoms with Gasteiger partial charge in [-0.05, 0) is 149 Å². The Bertz CT molecular complexity index is 3440. The van der Waals surface area contributed by atoms with Gasteiger partial charge in [0, 0.05) is 27.9 Å². The van der Waals surface area contributed by atoms with Crippen LogP contribution in [-0.4, -0.2) is 0 Å². The molecule has 324 valence electrons. The Kier molecular flexibility index (Phi) is 8.89. The molecule has 0 aromatic heterocycles. The van der Waals surface area contributed by atoms with Crippen molar-refractivity contribution in [2.24, 2.45) is 0 Å². The molecule has 10 aromatic rings. The Morgan fingerprint density at radius 3 is 1.12 bits per heavy atom. The molecule has 1 heteroatoms. The molecule has 0 heterocycles. The highest BCUT2D eigenvalue weighted by molar-refractivity contribution is 5.92. The lowest BCUT2D eigenvalue weighted by Gasteiger charge is -2.35. The van der Waals surface area contributed by atoms with Gasteiger partial charge in [-0.3, -0.25) is 0 Å². The van der Waals surface area contributed by atoms with Crippen LogP contribution in [0.15, 0.2) is 237 Å². The molecule has 13 rings (SSSR count). The molecule has 3 aliphatic rings. The molecule has 1 nitrogen and oxygen atoms in total. The van der Waals surface area contributed by atoms with Gasteiger partial charge in [0.15, 0.2) is 0 Å². The fraction of sp³-hybridized carbons (Fsp3) is 0.104. The van der Waals surface area contributed by atoms with Crippen LogP contribution >= 0.6 is 0 Å². The second kappa shape index (κ2) is 15.0. The van der Waals surface area contributed by atoms with E-state index in [-0.39, 0.29) is 10.8 Å². The lowest BCUT2D eigenvalue weighted by Crippen LogP contribution is -2.28. The van der Waals surface area contributed by atoms with Crippen LogP contribution in [0.3, 0.4) is 0 Å². The van der Waals surface area contributed by atoms with E-state index in [0.717, 1.165) is 17.1 Å². The maximum atomic E-state index is 2.49. The Morgan fingerprint density at radius 1 is 0.250 bits per heavy atom. The Labute approximate surface area is 400 Å². The van der Waals surface area contributed by atoms with Gasteiger partial charge in [0.2, 0.25) is 0 Å². The van der Waals surface area contributed by atoms with Gasteiger partial charge in [0.25, 0.3) is 0 Å². The zero-order valence-corrected chi connectivity index (χ0v) is 39.0. The molecule has 0 amide bonds. The van der Waals surface area contributed by atoms with E-state index in [4.69, 9.17) is 0 Å². The van der Waals surface area contributed by atoms with Crippen LogP contribution in [-0.2, 0) is 16.2 Å². The van der Waals surface area contributed by atoms with Crippen molar-refractivity contribution in [3.8, 4) is 55.6 Å². The molecule has 0 fully saturated rings. The molecule has 0 radical (unpaired) electrons. The summed E-state index contributed by atoms with van der Waals surface area (Å²) in [6.07, 6.45) is 0. The molecular weight excluding hydrogens is 819 g/mol. The standard InChI is InChI=1S/C67H51N/c1-65(2)59-30-14-11-27-53(59)56-36-33-46(41-62(56)65)44-19-17-25-50(39-44)68(51-26-18-20-45(40-51)47-34-37-57-54-28-12-15-31-60(54)66(3,4)63(57)42-47)52-35-38-58-55-29-13-16-32-61(55)67(64(58)43-52,48-21-7-5-8-22-48)49-23-9-6-10-24-49/h5-43H,1-4H3. The van der Waals surface area contributed by atoms with Gasteiger partial charge in [-0.15, -0.1) is 0 Å². The number of rotatable bonds is 7. The van der Waals surface area contributed by atoms with Crippen LogP contribution in [0.1, 0.15) is 72.2 Å². The highest BCUT2D eigenvalue weighted by Crippen LogP contribution is 2.58. The van der Waals surface area contributed by atoms with Crippen LogP contribution in [0.25, 0.3) is 55.6 Å². The average molecular weight is 870 g/mol. The number of hydrogen-bond donors (Lipinski definition) is 0. The minimum atomic E-state index is -0.524. The summed E-state index contributed by atoms with van der Waals surface area (Å²) in [5.41, 5.74) is 26.0. The van der Waals surface area contributed by atoms with Crippen molar-refractivity contribution < 1.29 is 0 Å². The van der Waals surface area contributed by atoms with Crippen molar-refractivity contribution >= 4 is 17.1 Å². The molecule has 3 aliphatic carbocycles. The molecule has 10 aromatic carbocycles. The van der Waals surface area contributed by atoms with Crippen LogP contribution in [0.2, 0.25) is 0 Å². The summed E-state index contributed by atoms with van der Waals surface area (Å²) in [6.45, 7) is 9.46. The van der Waals surface area contributed by atoms with E-state index in [1.54, 1.807) is 0 Å². The quantitative estimate of drug-likeness (QED) is 0.154. The first-order valence-corrected chi connectivity index (χ1v) is 24.1. The summed E-state index contributed by atoms with van der Waals surface area (Å²) in [4.78, 5) is 2.48. The molecule has 0 unspecified atom stereocenters. The van der Waals surface area contributed by atoms with Gasteiger partial charge in [-0.2, -0.15) is 0 Å². The third-order valence-electron chi connectivity index (χ3n) is 15.7. The van der Waals surface area contributed by atoms with E-state index in [1.165, 1.54) is 100 Å². The van der Waals surface area contributed by atoms with Crippen LogP contribution in [0.4, 0.5) is 17.1 Å². The minimum absolute atomic E-state index is 0.0897. The topological polar surface area (TPSA) is 3.24 Å². The van der Waals surface area contributed by atoms with Crippen molar-refractivity contribution in [2.75, 3.05) is 4.90 Å². The van der Waals surface area contributed by atoms with Crippen molar-refractivity contribution in [1.82, 2.24) is 0 Å². The molecular formula is C67H51N. The zero-order chi connectivity index (χ0) is 45.8. The lowest BCUT2D eigenvalue weighted by atomic mass is 9.67. The highest BCUT2D eigenvalue weighted by Gasteiger charge is 2.46.